The summed E-state index contributed by atoms with van der Waals surface area (Å²) in [6.45, 7) is 0.474. The quantitative estimate of drug-likeness (QED) is 0.344. The van der Waals surface area contributed by atoms with Crippen LogP contribution < -0.4 is 5.32 Å². The van der Waals surface area contributed by atoms with Crippen molar-refractivity contribution >= 4 is 21.9 Å². The van der Waals surface area contributed by atoms with Gasteiger partial charge in [-0.15, -0.1) is 0 Å². The van der Waals surface area contributed by atoms with Crippen LogP contribution in [-0.4, -0.2) is 48.8 Å². The third-order valence-electron chi connectivity index (χ3n) is 6.89. The highest BCUT2D eigenvalue weighted by Crippen LogP contribution is 2.24. The van der Waals surface area contributed by atoms with E-state index >= 15 is 0 Å². The molecule has 0 bridgehead atoms. The van der Waals surface area contributed by atoms with Crippen LogP contribution in [0.1, 0.15) is 42.4 Å². The highest BCUT2D eigenvalue weighted by Gasteiger charge is 2.38. The Bertz CT molecular complexity index is 1300. The van der Waals surface area contributed by atoms with Crippen molar-refractivity contribution in [3.8, 4) is 0 Å². The van der Waals surface area contributed by atoms with Crippen LogP contribution in [0.25, 0.3) is 0 Å². The zero-order chi connectivity index (χ0) is 27.5. The van der Waals surface area contributed by atoms with Crippen molar-refractivity contribution in [2.24, 2.45) is 5.92 Å². The van der Waals surface area contributed by atoms with Crippen LogP contribution in [0, 0.1) is 5.92 Å². The number of nitrogens with one attached hydrogen (secondary N) is 1. The minimum absolute atomic E-state index is 0.117. The molecule has 2 atom stereocenters. The number of rotatable bonds is 12. The Kier molecular flexibility index (Phi) is 10.2. The maximum atomic E-state index is 13.2. The summed E-state index contributed by atoms with van der Waals surface area (Å²) in [5, 5.41) is 2.92. The lowest BCUT2D eigenvalue weighted by Crippen LogP contribution is -2.49. The van der Waals surface area contributed by atoms with E-state index in [0.717, 1.165) is 17.5 Å². The largest absolute Gasteiger partial charge is 0.464 e. The van der Waals surface area contributed by atoms with Crippen LogP contribution in [0.4, 0.5) is 0 Å². The number of piperidine rings is 1. The summed E-state index contributed by atoms with van der Waals surface area (Å²) >= 11 is 0. The van der Waals surface area contributed by atoms with E-state index in [1.54, 1.807) is 42.7 Å². The van der Waals surface area contributed by atoms with E-state index in [9.17, 15) is 18.0 Å². The fourth-order valence-corrected chi connectivity index (χ4v) is 6.50. The molecule has 3 aromatic rings. The fraction of sp³-hybridized carbons (Fsp3) is 0.367. The van der Waals surface area contributed by atoms with Gasteiger partial charge in [-0.05, 0) is 54.9 Å². The van der Waals surface area contributed by atoms with Crippen molar-refractivity contribution < 1.29 is 22.7 Å². The number of esters is 1. The average Bonchev–Trinajstić information content (AvgIpc) is 2.97. The van der Waals surface area contributed by atoms with Crippen molar-refractivity contribution in [3.63, 3.8) is 0 Å². The number of ether oxygens (including phenoxy) is 1. The van der Waals surface area contributed by atoms with Gasteiger partial charge in [0.2, 0.25) is 15.9 Å². The number of aromatic nitrogens is 1. The lowest BCUT2D eigenvalue weighted by molar-refractivity contribution is -0.151. The average molecular weight is 550 g/mol. The SMILES string of the molecule is O=C(NCc1cccnc1)C(CCc1ccccc1)COC(=O)[C@@H]1CCCCN1S(=O)(=O)Cc1ccccc1. The van der Waals surface area contributed by atoms with Gasteiger partial charge in [-0.2, -0.15) is 4.31 Å². The number of carbonyl (C=O) groups excluding carboxylic acids is 2. The van der Waals surface area contributed by atoms with E-state index in [-0.39, 0.29) is 24.8 Å². The number of aryl methyl sites for hydroxylation is 1. The first kappa shape index (κ1) is 28.4. The van der Waals surface area contributed by atoms with Gasteiger partial charge < -0.3 is 10.1 Å². The third kappa shape index (κ3) is 8.46. The van der Waals surface area contributed by atoms with E-state index < -0.39 is 28.0 Å². The smallest absolute Gasteiger partial charge is 0.324 e. The zero-order valence-electron chi connectivity index (χ0n) is 21.9. The molecule has 2 heterocycles. The number of pyridine rings is 1. The number of sulfonamides is 1. The van der Waals surface area contributed by atoms with Crippen molar-refractivity contribution in [2.45, 2.75) is 50.4 Å². The van der Waals surface area contributed by atoms with Crippen molar-refractivity contribution in [3.05, 3.63) is 102 Å². The predicted molar refractivity (Wildman–Crippen MR) is 149 cm³/mol. The van der Waals surface area contributed by atoms with Crippen LogP contribution in [-0.2, 0) is 43.1 Å². The number of nitrogens with zero attached hydrogens (tertiary/aromatic N) is 2. The Morgan fingerprint density at radius 3 is 2.33 bits per heavy atom. The molecule has 1 aromatic heterocycles. The van der Waals surface area contributed by atoms with E-state index in [1.807, 2.05) is 42.5 Å². The second-order valence-electron chi connectivity index (χ2n) is 9.79. The van der Waals surface area contributed by atoms with Crippen LogP contribution in [0.15, 0.2) is 85.2 Å². The third-order valence-corrected chi connectivity index (χ3v) is 8.74. The van der Waals surface area contributed by atoms with Crippen LogP contribution in [0.2, 0.25) is 0 Å². The highest BCUT2D eigenvalue weighted by atomic mass is 32.2. The molecular formula is C30H35N3O5S. The van der Waals surface area contributed by atoms with E-state index in [1.165, 1.54) is 4.31 Å². The first-order chi connectivity index (χ1) is 18.9. The van der Waals surface area contributed by atoms with Gasteiger partial charge in [0.1, 0.15) is 12.6 Å². The molecule has 1 N–H and O–H groups in total. The molecule has 1 fully saturated rings. The number of hydrogen-bond donors (Lipinski definition) is 1. The van der Waals surface area contributed by atoms with Crippen LogP contribution in [0.5, 0.6) is 0 Å². The number of benzene rings is 2. The van der Waals surface area contributed by atoms with Gasteiger partial charge >= 0.3 is 5.97 Å². The van der Waals surface area contributed by atoms with E-state index in [4.69, 9.17) is 4.74 Å². The predicted octanol–water partition coefficient (Wildman–Crippen LogP) is 3.87. The summed E-state index contributed by atoms with van der Waals surface area (Å²) in [4.78, 5) is 30.4. The molecule has 0 saturated carbocycles. The van der Waals surface area contributed by atoms with Gasteiger partial charge in [-0.1, -0.05) is 66.7 Å². The van der Waals surface area contributed by atoms with Gasteiger partial charge in [-0.25, -0.2) is 8.42 Å². The van der Waals surface area contributed by atoms with Gasteiger partial charge in [0, 0.05) is 25.5 Å². The summed E-state index contributed by atoms with van der Waals surface area (Å²) in [7, 11) is -3.72. The fourth-order valence-electron chi connectivity index (χ4n) is 4.73. The maximum absolute atomic E-state index is 13.2. The zero-order valence-corrected chi connectivity index (χ0v) is 22.8. The molecule has 0 radical (unpaired) electrons. The summed E-state index contributed by atoms with van der Waals surface area (Å²) in [5.74, 6) is -1.58. The molecule has 0 aliphatic carbocycles. The Labute approximate surface area is 230 Å². The summed E-state index contributed by atoms with van der Waals surface area (Å²) in [6, 6.07) is 21.5. The maximum Gasteiger partial charge on any atom is 0.324 e. The molecule has 0 spiro atoms. The van der Waals surface area contributed by atoms with Crippen LogP contribution >= 0.6 is 0 Å². The van der Waals surface area contributed by atoms with Crippen LogP contribution in [0.3, 0.4) is 0 Å². The molecule has 4 rings (SSSR count). The molecule has 1 saturated heterocycles. The summed E-state index contributed by atoms with van der Waals surface area (Å²) < 4.78 is 33.4. The number of hydrogen-bond acceptors (Lipinski definition) is 6. The molecule has 1 aliphatic rings. The molecular weight excluding hydrogens is 514 g/mol. The normalized spacial score (nSPS) is 16.8. The van der Waals surface area contributed by atoms with E-state index in [2.05, 4.69) is 10.3 Å². The van der Waals surface area contributed by atoms with Gasteiger partial charge in [-0.3, -0.25) is 14.6 Å². The number of amides is 1. The second kappa shape index (κ2) is 14.0. The van der Waals surface area contributed by atoms with Gasteiger partial charge in [0.05, 0.1) is 11.7 Å². The molecule has 1 unspecified atom stereocenters. The minimum Gasteiger partial charge on any atom is -0.464 e. The lowest BCUT2D eigenvalue weighted by atomic mass is 9.99. The van der Waals surface area contributed by atoms with Gasteiger partial charge in [0.25, 0.3) is 0 Å². The van der Waals surface area contributed by atoms with Crippen molar-refractivity contribution in [1.82, 2.24) is 14.6 Å². The molecule has 1 aliphatic heterocycles. The lowest BCUT2D eigenvalue weighted by Gasteiger charge is -2.33. The molecule has 206 valence electrons. The molecule has 9 heteroatoms. The first-order valence-electron chi connectivity index (χ1n) is 13.3. The Balaban J connectivity index is 1.41. The Morgan fingerprint density at radius 2 is 1.64 bits per heavy atom. The first-order valence-corrected chi connectivity index (χ1v) is 14.9. The molecule has 1 amide bonds. The highest BCUT2D eigenvalue weighted by molar-refractivity contribution is 7.88. The van der Waals surface area contributed by atoms with Gasteiger partial charge in [0.15, 0.2) is 0 Å². The van der Waals surface area contributed by atoms with Crippen molar-refractivity contribution in [2.75, 3.05) is 13.2 Å². The Morgan fingerprint density at radius 1 is 0.949 bits per heavy atom. The summed E-state index contributed by atoms with van der Waals surface area (Å²) in [5.41, 5.74) is 2.62. The van der Waals surface area contributed by atoms with Crippen molar-refractivity contribution in [1.29, 1.82) is 0 Å². The monoisotopic (exact) mass is 549 g/mol. The molecule has 39 heavy (non-hydrogen) atoms. The topological polar surface area (TPSA) is 106 Å². The van der Waals surface area contributed by atoms with E-state index in [0.29, 0.717) is 37.8 Å². The Hall–Kier alpha value is -3.56. The molecule has 8 nitrogen and oxygen atoms in total. The minimum atomic E-state index is -3.72. The summed E-state index contributed by atoms with van der Waals surface area (Å²) in [6.07, 6.45) is 6.30. The molecule has 2 aromatic carbocycles. The standard InChI is InChI=1S/C30H35N3O5S/c34-29(32-21-26-14-9-18-31-20-26)27(17-16-24-10-3-1-4-11-24)22-38-30(35)28-15-7-8-19-33(28)39(36,37)23-25-12-5-2-6-13-25/h1-6,9-14,18,20,27-28H,7-8,15-17,19,21-23H2,(H,32,34)/t27?,28-/m0/s1. The number of carbonyl (C=O) groups is 2. The second-order valence-corrected chi connectivity index (χ2v) is 11.7.